The molecular weight excluding hydrogens is 457 g/mol. The standard InChI is InChI=1S/C25H29F3N6O/c1-3-21-17(2)31-24(33-13-11-29-16-33)32-23(21)34-12-5-4-6-20(34)14-22(35)30-15-18-7-9-19(10-8-18)25(26,27)28/h7-11,13,16,20H,3-6,12,14-15H2,1-2H3,(H,30,35). The smallest absolute Gasteiger partial charge is 0.353 e. The zero-order valence-corrected chi connectivity index (χ0v) is 19.8. The van der Waals surface area contributed by atoms with Gasteiger partial charge in [-0.05, 0) is 50.3 Å². The Labute approximate surface area is 202 Å². The van der Waals surface area contributed by atoms with Crippen molar-refractivity contribution in [1.82, 2.24) is 24.8 Å². The van der Waals surface area contributed by atoms with Crippen LogP contribution in [0.1, 0.15) is 55.0 Å². The summed E-state index contributed by atoms with van der Waals surface area (Å²) in [6, 6.07) is 4.83. The maximum atomic E-state index is 12.8. The number of amides is 1. The predicted molar refractivity (Wildman–Crippen MR) is 126 cm³/mol. The van der Waals surface area contributed by atoms with Crippen LogP contribution < -0.4 is 10.2 Å². The minimum Gasteiger partial charge on any atom is -0.353 e. The minimum atomic E-state index is -4.37. The van der Waals surface area contributed by atoms with E-state index < -0.39 is 11.7 Å². The zero-order chi connectivity index (χ0) is 25.0. The molecule has 3 aromatic rings. The van der Waals surface area contributed by atoms with Gasteiger partial charge in [0.1, 0.15) is 12.1 Å². The first-order valence-corrected chi connectivity index (χ1v) is 11.8. The van der Waals surface area contributed by atoms with E-state index in [1.54, 1.807) is 23.3 Å². The summed E-state index contributed by atoms with van der Waals surface area (Å²) in [4.78, 5) is 28.6. The molecule has 7 nitrogen and oxygen atoms in total. The van der Waals surface area contributed by atoms with E-state index in [1.807, 2.05) is 6.92 Å². The Hall–Kier alpha value is -3.43. The largest absolute Gasteiger partial charge is 0.416 e. The third-order valence-corrected chi connectivity index (χ3v) is 6.36. The normalized spacial score (nSPS) is 16.4. The van der Waals surface area contributed by atoms with Gasteiger partial charge >= 0.3 is 6.18 Å². The molecule has 0 saturated carbocycles. The number of carbonyl (C=O) groups excluding carboxylic acids is 1. The highest BCUT2D eigenvalue weighted by Crippen LogP contribution is 2.31. The van der Waals surface area contributed by atoms with Gasteiger partial charge in [-0.15, -0.1) is 0 Å². The summed E-state index contributed by atoms with van der Waals surface area (Å²) in [6.45, 7) is 5.02. The van der Waals surface area contributed by atoms with Crippen LogP contribution in [0.4, 0.5) is 19.0 Å². The van der Waals surface area contributed by atoms with Crippen molar-refractivity contribution in [2.45, 2.75) is 64.7 Å². The van der Waals surface area contributed by atoms with Gasteiger partial charge < -0.3 is 10.2 Å². The average Bonchev–Trinajstić information content (AvgIpc) is 3.37. The number of benzene rings is 1. The molecule has 1 aliphatic heterocycles. The lowest BCUT2D eigenvalue weighted by Gasteiger charge is -2.37. The molecule has 0 spiro atoms. The van der Waals surface area contributed by atoms with E-state index in [-0.39, 0.29) is 24.9 Å². The summed E-state index contributed by atoms with van der Waals surface area (Å²) in [7, 11) is 0. The first kappa shape index (κ1) is 24.7. The van der Waals surface area contributed by atoms with Crippen molar-refractivity contribution < 1.29 is 18.0 Å². The van der Waals surface area contributed by atoms with E-state index in [2.05, 4.69) is 27.1 Å². The van der Waals surface area contributed by atoms with Crippen LogP contribution >= 0.6 is 0 Å². The van der Waals surface area contributed by atoms with Gasteiger partial charge in [0.05, 0.1) is 5.56 Å². The van der Waals surface area contributed by atoms with Crippen molar-refractivity contribution in [3.8, 4) is 5.95 Å². The number of halogens is 3. The second-order valence-electron chi connectivity index (χ2n) is 8.75. The summed E-state index contributed by atoms with van der Waals surface area (Å²) in [5.74, 6) is 1.26. The lowest BCUT2D eigenvalue weighted by Crippen LogP contribution is -2.44. The monoisotopic (exact) mass is 486 g/mol. The Kier molecular flexibility index (Phi) is 7.37. The summed E-state index contributed by atoms with van der Waals surface area (Å²) in [5.41, 5.74) is 1.88. The van der Waals surface area contributed by atoms with Gasteiger partial charge in [-0.25, -0.2) is 9.97 Å². The van der Waals surface area contributed by atoms with Crippen molar-refractivity contribution in [2.24, 2.45) is 0 Å². The van der Waals surface area contributed by atoms with Crippen LogP contribution in [-0.2, 0) is 23.9 Å². The van der Waals surface area contributed by atoms with Gasteiger partial charge in [0, 0.05) is 49.2 Å². The van der Waals surface area contributed by atoms with Crippen molar-refractivity contribution in [3.05, 3.63) is 65.4 Å². The molecule has 1 saturated heterocycles. The molecule has 1 fully saturated rings. The highest BCUT2D eigenvalue weighted by molar-refractivity contribution is 5.77. The van der Waals surface area contributed by atoms with Crippen molar-refractivity contribution in [1.29, 1.82) is 0 Å². The number of anilines is 1. The maximum Gasteiger partial charge on any atom is 0.416 e. The minimum absolute atomic E-state index is 0.0217. The van der Waals surface area contributed by atoms with E-state index >= 15 is 0 Å². The third-order valence-electron chi connectivity index (χ3n) is 6.36. The molecule has 4 rings (SSSR count). The molecule has 1 amide bonds. The van der Waals surface area contributed by atoms with Gasteiger partial charge in [-0.2, -0.15) is 18.2 Å². The van der Waals surface area contributed by atoms with E-state index in [0.717, 1.165) is 61.4 Å². The molecule has 1 N–H and O–H groups in total. The highest BCUT2D eigenvalue weighted by atomic mass is 19.4. The fraction of sp³-hybridized carbons (Fsp3) is 0.440. The Morgan fingerprint density at radius 3 is 2.60 bits per heavy atom. The van der Waals surface area contributed by atoms with E-state index in [4.69, 9.17) is 4.98 Å². The Morgan fingerprint density at radius 1 is 1.17 bits per heavy atom. The molecule has 1 unspecified atom stereocenters. The van der Waals surface area contributed by atoms with Crippen LogP contribution in [0.15, 0.2) is 43.0 Å². The molecule has 0 radical (unpaired) electrons. The van der Waals surface area contributed by atoms with Crippen LogP contribution in [0, 0.1) is 6.92 Å². The van der Waals surface area contributed by atoms with Crippen LogP contribution in [0.25, 0.3) is 5.95 Å². The summed E-state index contributed by atoms with van der Waals surface area (Å²) in [6.07, 6.45) is 4.71. The zero-order valence-electron chi connectivity index (χ0n) is 19.8. The molecule has 0 aliphatic carbocycles. The topological polar surface area (TPSA) is 75.9 Å². The van der Waals surface area contributed by atoms with Crippen LogP contribution in [0.3, 0.4) is 0 Å². The molecule has 10 heteroatoms. The summed E-state index contributed by atoms with van der Waals surface area (Å²) < 4.78 is 40.1. The fourth-order valence-corrected chi connectivity index (χ4v) is 4.50. The number of aryl methyl sites for hydroxylation is 1. The molecule has 1 aliphatic rings. The number of piperidine rings is 1. The quantitative estimate of drug-likeness (QED) is 0.528. The fourth-order valence-electron chi connectivity index (χ4n) is 4.50. The van der Waals surface area contributed by atoms with E-state index in [1.165, 1.54) is 12.1 Å². The Balaban J connectivity index is 1.48. The Bertz CT molecular complexity index is 1150. The first-order chi connectivity index (χ1) is 16.8. The number of aromatic nitrogens is 4. The molecular formula is C25H29F3N6O. The first-order valence-electron chi connectivity index (χ1n) is 11.8. The second-order valence-corrected chi connectivity index (χ2v) is 8.75. The lowest BCUT2D eigenvalue weighted by molar-refractivity contribution is -0.137. The average molecular weight is 487 g/mol. The van der Waals surface area contributed by atoms with Crippen molar-refractivity contribution in [2.75, 3.05) is 11.4 Å². The molecule has 2 aromatic heterocycles. The summed E-state index contributed by atoms with van der Waals surface area (Å²) >= 11 is 0. The molecule has 35 heavy (non-hydrogen) atoms. The van der Waals surface area contributed by atoms with E-state index in [0.29, 0.717) is 11.5 Å². The molecule has 1 atom stereocenters. The number of nitrogens with zero attached hydrogens (tertiary/aromatic N) is 5. The number of carbonyl (C=O) groups is 1. The third kappa shape index (κ3) is 5.80. The SMILES string of the molecule is CCc1c(C)nc(-n2ccnc2)nc1N1CCCCC1CC(=O)NCc1ccc(C(F)(F)F)cc1. The van der Waals surface area contributed by atoms with E-state index in [9.17, 15) is 18.0 Å². The van der Waals surface area contributed by atoms with Crippen molar-refractivity contribution in [3.63, 3.8) is 0 Å². The number of nitrogens with one attached hydrogen (secondary N) is 1. The van der Waals surface area contributed by atoms with Crippen LogP contribution in [0.2, 0.25) is 0 Å². The number of hydrogen-bond donors (Lipinski definition) is 1. The highest BCUT2D eigenvalue weighted by Gasteiger charge is 2.30. The van der Waals surface area contributed by atoms with Gasteiger partial charge in [0.15, 0.2) is 0 Å². The molecule has 1 aromatic carbocycles. The van der Waals surface area contributed by atoms with Crippen LogP contribution in [-0.4, -0.2) is 38.0 Å². The summed E-state index contributed by atoms with van der Waals surface area (Å²) in [5, 5.41) is 2.86. The number of rotatable bonds is 7. The van der Waals surface area contributed by atoms with Crippen LogP contribution in [0.5, 0.6) is 0 Å². The van der Waals surface area contributed by atoms with Gasteiger partial charge in [-0.1, -0.05) is 19.1 Å². The number of alkyl halides is 3. The molecule has 0 bridgehead atoms. The van der Waals surface area contributed by atoms with Crippen molar-refractivity contribution >= 4 is 11.7 Å². The molecule has 186 valence electrons. The lowest BCUT2D eigenvalue weighted by atomic mass is 9.97. The van der Waals surface area contributed by atoms with Gasteiger partial charge in [0.2, 0.25) is 11.9 Å². The number of hydrogen-bond acceptors (Lipinski definition) is 5. The maximum absolute atomic E-state index is 12.8. The van der Waals surface area contributed by atoms with Gasteiger partial charge in [-0.3, -0.25) is 9.36 Å². The number of imidazole rings is 1. The van der Waals surface area contributed by atoms with Gasteiger partial charge in [0.25, 0.3) is 0 Å². The second kappa shape index (κ2) is 10.5. The molecule has 3 heterocycles. The predicted octanol–water partition coefficient (Wildman–Crippen LogP) is 4.62. The Morgan fingerprint density at radius 2 is 1.94 bits per heavy atom.